The topological polar surface area (TPSA) is 62.3 Å². The lowest BCUT2D eigenvalue weighted by Gasteiger charge is -2.16. The molecule has 1 saturated heterocycles. The number of hydrogen-bond donors (Lipinski definition) is 2. The molecule has 5 heteroatoms. The van der Waals surface area contributed by atoms with E-state index in [4.69, 9.17) is 15.9 Å². The minimum absolute atomic E-state index is 0.176. The Bertz CT molecular complexity index is 450. The van der Waals surface area contributed by atoms with Crippen LogP contribution in [-0.4, -0.2) is 37.0 Å². The van der Waals surface area contributed by atoms with Crippen LogP contribution >= 0.6 is 0 Å². The van der Waals surface area contributed by atoms with Crippen LogP contribution in [0.15, 0.2) is 18.2 Å². The zero-order valence-corrected chi connectivity index (χ0v) is 10.4. The molecule has 1 aliphatic heterocycles. The van der Waals surface area contributed by atoms with E-state index in [1.165, 1.54) is 6.07 Å². The van der Waals surface area contributed by atoms with Crippen LogP contribution in [0.3, 0.4) is 0 Å². The van der Waals surface area contributed by atoms with Crippen LogP contribution in [0.25, 0.3) is 0 Å². The van der Waals surface area contributed by atoms with Gasteiger partial charge in [0.25, 0.3) is 0 Å². The summed E-state index contributed by atoms with van der Waals surface area (Å²) in [5, 5.41) is 7.32. The molecule has 1 atom stereocenters. The van der Waals surface area contributed by atoms with Gasteiger partial charge in [-0.05, 0) is 12.5 Å². The van der Waals surface area contributed by atoms with Crippen molar-refractivity contribution in [3.8, 4) is 0 Å². The van der Waals surface area contributed by atoms with Gasteiger partial charge in [0.05, 0.1) is 11.7 Å². The summed E-state index contributed by atoms with van der Waals surface area (Å²) in [4.78, 5) is 2.15. The van der Waals surface area contributed by atoms with Gasteiger partial charge < -0.3 is 10.5 Å². The third-order valence-corrected chi connectivity index (χ3v) is 3.33. The summed E-state index contributed by atoms with van der Waals surface area (Å²) in [6, 6.07) is 5.00. The van der Waals surface area contributed by atoms with E-state index in [0.29, 0.717) is 12.1 Å². The van der Waals surface area contributed by atoms with Crippen molar-refractivity contribution in [1.82, 2.24) is 4.90 Å². The fraction of sp³-hybridized carbons (Fsp3) is 0.462. The van der Waals surface area contributed by atoms with Crippen molar-refractivity contribution in [2.75, 3.05) is 20.2 Å². The molecule has 0 aromatic heterocycles. The molecule has 1 fully saturated rings. The third kappa shape index (κ3) is 2.68. The molecule has 18 heavy (non-hydrogen) atoms. The van der Waals surface area contributed by atoms with Crippen molar-refractivity contribution in [3.63, 3.8) is 0 Å². The fourth-order valence-electron chi connectivity index (χ4n) is 2.28. The van der Waals surface area contributed by atoms with Crippen LogP contribution in [0.4, 0.5) is 4.39 Å². The summed E-state index contributed by atoms with van der Waals surface area (Å²) in [5.41, 5.74) is 6.10. The maximum Gasteiger partial charge on any atom is 0.138 e. The largest absolute Gasteiger partial charge is 0.384 e. The van der Waals surface area contributed by atoms with E-state index in [1.807, 2.05) is 0 Å². The molecule has 1 heterocycles. The zero-order valence-electron chi connectivity index (χ0n) is 10.4. The molecular weight excluding hydrogens is 233 g/mol. The molecule has 1 aromatic carbocycles. The van der Waals surface area contributed by atoms with Crippen LogP contribution in [0.1, 0.15) is 17.5 Å². The second-order valence-corrected chi connectivity index (χ2v) is 4.57. The Balaban J connectivity index is 2.10. The molecular formula is C13H18FN3O. The molecule has 1 aliphatic rings. The van der Waals surface area contributed by atoms with Gasteiger partial charge in [0.1, 0.15) is 11.7 Å². The lowest BCUT2D eigenvalue weighted by molar-refractivity contribution is 0.107. The quantitative estimate of drug-likeness (QED) is 0.627. The first-order valence-corrected chi connectivity index (χ1v) is 5.98. The number of nitrogens with two attached hydrogens (primary N) is 1. The first-order chi connectivity index (χ1) is 8.61. The molecule has 4 nitrogen and oxygen atoms in total. The fourth-order valence-corrected chi connectivity index (χ4v) is 2.28. The molecule has 0 amide bonds. The van der Waals surface area contributed by atoms with Crippen molar-refractivity contribution < 1.29 is 9.13 Å². The van der Waals surface area contributed by atoms with Gasteiger partial charge in [-0.3, -0.25) is 10.3 Å². The number of halogens is 1. The molecule has 0 radical (unpaired) electrons. The Morgan fingerprint density at radius 3 is 3.00 bits per heavy atom. The summed E-state index contributed by atoms with van der Waals surface area (Å²) in [7, 11) is 1.70. The standard InChI is InChI=1S/C13H18FN3O/c1-18-10-5-6-17(8-10)7-9-3-2-4-11(12(9)14)13(15)16/h2-4,10H,5-8H2,1H3,(H3,15,16). The molecule has 2 rings (SSSR count). The highest BCUT2D eigenvalue weighted by molar-refractivity contribution is 5.95. The summed E-state index contributed by atoms with van der Waals surface area (Å²) in [6.45, 7) is 2.26. The maximum absolute atomic E-state index is 14.1. The van der Waals surface area contributed by atoms with Gasteiger partial charge in [-0.2, -0.15) is 0 Å². The molecule has 1 aromatic rings. The second-order valence-electron chi connectivity index (χ2n) is 4.57. The average molecular weight is 251 g/mol. The van der Waals surface area contributed by atoms with Crippen LogP contribution in [-0.2, 0) is 11.3 Å². The van der Waals surface area contributed by atoms with Crippen molar-refractivity contribution in [2.24, 2.45) is 5.73 Å². The predicted octanol–water partition coefficient (Wildman–Crippen LogP) is 1.33. The predicted molar refractivity (Wildman–Crippen MR) is 68.1 cm³/mol. The average Bonchev–Trinajstić information content (AvgIpc) is 2.79. The molecule has 0 saturated carbocycles. The van der Waals surface area contributed by atoms with Gasteiger partial charge in [-0.25, -0.2) is 4.39 Å². The van der Waals surface area contributed by atoms with Gasteiger partial charge >= 0.3 is 0 Å². The zero-order chi connectivity index (χ0) is 13.1. The van der Waals surface area contributed by atoms with Gasteiger partial charge in [-0.1, -0.05) is 12.1 Å². The normalized spacial score (nSPS) is 20.2. The van der Waals surface area contributed by atoms with E-state index in [-0.39, 0.29) is 23.3 Å². The monoisotopic (exact) mass is 251 g/mol. The van der Waals surface area contributed by atoms with E-state index < -0.39 is 0 Å². The first-order valence-electron chi connectivity index (χ1n) is 5.98. The second kappa shape index (κ2) is 5.46. The Hall–Kier alpha value is -1.46. The number of hydrogen-bond acceptors (Lipinski definition) is 3. The van der Waals surface area contributed by atoms with Gasteiger partial charge in [0.15, 0.2) is 0 Å². The van der Waals surface area contributed by atoms with Crippen molar-refractivity contribution in [3.05, 3.63) is 35.1 Å². The van der Waals surface area contributed by atoms with Gasteiger partial charge in [0.2, 0.25) is 0 Å². The van der Waals surface area contributed by atoms with E-state index in [2.05, 4.69) is 4.90 Å². The minimum atomic E-state index is -0.383. The molecule has 3 N–H and O–H groups in total. The number of ether oxygens (including phenoxy) is 1. The lowest BCUT2D eigenvalue weighted by atomic mass is 10.1. The molecule has 1 unspecified atom stereocenters. The Morgan fingerprint density at radius 2 is 2.39 bits per heavy atom. The smallest absolute Gasteiger partial charge is 0.138 e. The molecule has 0 bridgehead atoms. The number of amidine groups is 1. The Morgan fingerprint density at radius 1 is 1.61 bits per heavy atom. The first kappa shape index (κ1) is 13.0. The van der Waals surface area contributed by atoms with E-state index in [9.17, 15) is 4.39 Å². The SMILES string of the molecule is COC1CCN(Cc2cccc(C(=N)N)c2F)C1. The summed E-state index contributed by atoms with van der Waals surface area (Å²) in [6.07, 6.45) is 1.22. The van der Waals surface area contributed by atoms with E-state index in [1.54, 1.807) is 19.2 Å². The van der Waals surface area contributed by atoms with Crippen LogP contribution < -0.4 is 5.73 Å². The van der Waals surface area contributed by atoms with Crippen molar-refractivity contribution in [2.45, 2.75) is 19.1 Å². The highest BCUT2D eigenvalue weighted by Gasteiger charge is 2.23. The number of nitrogens with zero attached hydrogens (tertiary/aromatic N) is 1. The summed E-state index contributed by atoms with van der Waals surface area (Å²) < 4.78 is 19.4. The summed E-state index contributed by atoms with van der Waals surface area (Å²) in [5.74, 6) is -0.614. The van der Waals surface area contributed by atoms with E-state index >= 15 is 0 Å². The number of methoxy groups -OCH3 is 1. The number of nitrogens with one attached hydrogen (secondary N) is 1. The highest BCUT2D eigenvalue weighted by atomic mass is 19.1. The summed E-state index contributed by atoms with van der Waals surface area (Å²) >= 11 is 0. The number of likely N-dealkylation sites (tertiary alicyclic amines) is 1. The Labute approximate surface area is 106 Å². The maximum atomic E-state index is 14.1. The van der Waals surface area contributed by atoms with Crippen LogP contribution in [0.5, 0.6) is 0 Å². The highest BCUT2D eigenvalue weighted by Crippen LogP contribution is 2.19. The molecule has 98 valence electrons. The van der Waals surface area contributed by atoms with E-state index in [0.717, 1.165) is 19.5 Å². The minimum Gasteiger partial charge on any atom is -0.384 e. The Kier molecular flexibility index (Phi) is 3.93. The molecule has 0 aliphatic carbocycles. The van der Waals surface area contributed by atoms with Gasteiger partial charge in [-0.15, -0.1) is 0 Å². The third-order valence-electron chi connectivity index (χ3n) is 3.33. The number of rotatable bonds is 4. The van der Waals surface area contributed by atoms with Crippen LogP contribution in [0.2, 0.25) is 0 Å². The van der Waals surface area contributed by atoms with Crippen LogP contribution in [0, 0.1) is 11.2 Å². The van der Waals surface area contributed by atoms with Crippen molar-refractivity contribution >= 4 is 5.84 Å². The lowest BCUT2D eigenvalue weighted by Crippen LogP contribution is -2.23. The van der Waals surface area contributed by atoms with Gasteiger partial charge in [0, 0.05) is 32.3 Å². The van der Waals surface area contributed by atoms with Crippen molar-refractivity contribution in [1.29, 1.82) is 5.41 Å². The number of nitrogen functional groups attached to an aromatic ring is 1. The number of benzene rings is 1. The molecule has 0 spiro atoms.